The molecule has 2 N–H and O–H groups in total. The quantitative estimate of drug-likeness (QED) is 0.263. The topological polar surface area (TPSA) is 110 Å². The van der Waals surface area contributed by atoms with Crippen molar-refractivity contribution in [3.8, 4) is 16.9 Å². The van der Waals surface area contributed by atoms with Crippen LogP contribution in [0.1, 0.15) is 15.9 Å². The molecule has 0 aliphatic carbocycles. The number of carbonyl (C=O) groups is 2. The van der Waals surface area contributed by atoms with E-state index in [1.165, 1.54) is 12.1 Å². The van der Waals surface area contributed by atoms with Crippen molar-refractivity contribution in [3.63, 3.8) is 0 Å². The highest BCUT2D eigenvalue weighted by Gasteiger charge is 2.50. The third-order valence-electron chi connectivity index (χ3n) is 7.96. The number of methoxy groups -OCH3 is 1. The summed E-state index contributed by atoms with van der Waals surface area (Å²) in [6, 6.07) is 22.5. The van der Waals surface area contributed by atoms with E-state index in [0.29, 0.717) is 34.3 Å². The molecule has 5 aromatic rings. The van der Waals surface area contributed by atoms with Crippen molar-refractivity contribution in [2.45, 2.75) is 6.42 Å². The second-order valence-electron chi connectivity index (χ2n) is 11.3. The van der Waals surface area contributed by atoms with Gasteiger partial charge >= 0.3 is 0 Å². The second kappa shape index (κ2) is 11.1. The lowest BCUT2D eigenvalue weighted by Gasteiger charge is -2.54. The number of anilines is 3. The third-order valence-corrected chi connectivity index (χ3v) is 7.96. The molecule has 2 saturated heterocycles. The first-order chi connectivity index (χ1) is 21.4. The molecular weight excluding hydrogens is 563 g/mol. The van der Waals surface area contributed by atoms with Crippen molar-refractivity contribution in [1.82, 2.24) is 19.5 Å². The minimum absolute atomic E-state index is 0.0221. The number of benzene rings is 3. The van der Waals surface area contributed by atoms with E-state index in [-0.39, 0.29) is 29.5 Å². The molecule has 0 saturated carbocycles. The van der Waals surface area contributed by atoms with E-state index < -0.39 is 0 Å². The summed E-state index contributed by atoms with van der Waals surface area (Å²) < 4.78 is 25.7. The van der Waals surface area contributed by atoms with Crippen molar-refractivity contribution in [2.75, 3.05) is 44.0 Å². The molecule has 44 heavy (non-hydrogen) atoms. The zero-order valence-corrected chi connectivity index (χ0v) is 23.9. The molecule has 2 amide bonds. The van der Waals surface area contributed by atoms with Crippen molar-refractivity contribution in [3.05, 3.63) is 102 Å². The van der Waals surface area contributed by atoms with E-state index in [1.807, 2.05) is 47.5 Å². The molecule has 2 fully saturated rings. The van der Waals surface area contributed by atoms with Crippen LogP contribution in [0.4, 0.5) is 21.7 Å². The summed E-state index contributed by atoms with van der Waals surface area (Å²) in [5.74, 6) is 0.364. The first-order valence-electron chi connectivity index (χ1n) is 14.2. The van der Waals surface area contributed by atoms with Crippen LogP contribution in [-0.4, -0.2) is 64.7 Å². The van der Waals surface area contributed by atoms with Crippen molar-refractivity contribution < 1.29 is 23.5 Å². The molecule has 0 atom stereocenters. The summed E-state index contributed by atoms with van der Waals surface area (Å²) in [7, 11) is 1.56. The Bertz CT molecular complexity index is 1860. The lowest BCUT2D eigenvalue weighted by atomic mass is 9.78. The first kappa shape index (κ1) is 27.5. The molecule has 0 radical (unpaired) electrons. The van der Waals surface area contributed by atoms with Gasteiger partial charge in [-0.05, 0) is 65.7 Å². The van der Waals surface area contributed by atoms with Crippen LogP contribution in [0.3, 0.4) is 0 Å². The number of nitrogens with one attached hydrogen (secondary N) is 2. The standard InChI is InChI=1S/C33H29FN6O4/c1-43-28-15-23(31(42)39-17-33(18-39)19-44-20-33)6-12-27(28)36-32-37-29-13-7-24(16-40(29)38-32)22-4-10-26(11-5-22)35-30(41)14-21-2-8-25(34)9-3-21/h2-13,15-16H,14,17-20H2,1H3,(H,35,41)(H,36,38). The van der Waals surface area contributed by atoms with Gasteiger partial charge in [-0.1, -0.05) is 24.3 Å². The largest absolute Gasteiger partial charge is 0.495 e. The van der Waals surface area contributed by atoms with Gasteiger partial charge in [0.1, 0.15) is 11.6 Å². The first-order valence-corrected chi connectivity index (χ1v) is 14.2. The van der Waals surface area contributed by atoms with Gasteiger partial charge in [-0.3, -0.25) is 9.59 Å². The Kier molecular flexibility index (Phi) is 6.94. The molecule has 4 heterocycles. The maximum atomic E-state index is 13.1. The minimum Gasteiger partial charge on any atom is -0.495 e. The van der Waals surface area contributed by atoms with Gasteiger partial charge in [0, 0.05) is 36.1 Å². The van der Waals surface area contributed by atoms with Crippen LogP contribution in [0.2, 0.25) is 0 Å². The SMILES string of the molecule is COc1cc(C(=O)N2CC3(COC3)C2)ccc1Nc1nc2ccc(-c3ccc(NC(=O)Cc4ccc(F)cc4)cc3)cn2n1. The maximum Gasteiger partial charge on any atom is 0.254 e. The molecule has 0 unspecified atom stereocenters. The lowest BCUT2D eigenvalue weighted by molar-refractivity contribution is -0.176. The predicted molar refractivity (Wildman–Crippen MR) is 163 cm³/mol. The highest BCUT2D eigenvalue weighted by molar-refractivity contribution is 5.96. The smallest absolute Gasteiger partial charge is 0.254 e. The molecule has 222 valence electrons. The predicted octanol–water partition coefficient (Wildman–Crippen LogP) is 4.94. The van der Waals surface area contributed by atoms with Crippen LogP contribution in [-0.2, 0) is 16.0 Å². The number of ether oxygens (including phenoxy) is 2. The molecule has 2 aromatic heterocycles. The van der Waals surface area contributed by atoms with Crippen LogP contribution in [0.15, 0.2) is 85.1 Å². The van der Waals surface area contributed by atoms with Gasteiger partial charge in [0.05, 0.1) is 37.8 Å². The molecule has 11 heteroatoms. The average Bonchev–Trinajstić information content (AvgIpc) is 3.39. The third kappa shape index (κ3) is 5.45. The van der Waals surface area contributed by atoms with E-state index in [4.69, 9.17) is 9.47 Å². The fourth-order valence-corrected chi connectivity index (χ4v) is 5.56. The summed E-state index contributed by atoms with van der Waals surface area (Å²) in [5.41, 5.74) is 5.27. The number of hydrogen-bond acceptors (Lipinski definition) is 7. The number of aromatic nitrogens is 3. The second-order valence-corrected chi connectivity index (χ2v) is 11.3. The molecule has 2 aliphatic heterocycles. The van der Waals surface area contributed by atoms with E-state index in [9.17, 15) is 14.0 Å². The van der Waals surface area contributed by atoms with Crippen LogP contribution >= 0.6 is 0 Å². The summed E-state index contributed by atoms with van der Waals surface area (Å²) in [4.78, 5) is 31.8. The van der Waals surface area contributed by atoms with Gasteiger partial charge in [-0.25, -0.2) is 8.91 Å². The van der Waals surface area contributed by atoms with Crippen LogP contribution < -0.4 is 15.4 Å². The van der Waals surface area contributed by atoms with Crippen molar-refractivity contribution in [2.24, 2.45) is 5.41 Å². The van der Waals surface area contributed by atoms with Crippen LogP contribution in [0.5, 0.6) is 5.75 Å². The molecule has 2 aliphatic rings. The Morgan fingerprint density at radius 1 is 0.977 bits per heavy atom. The Hall–Kier alpha value is -5.29. The Morgan fingerprint density at radius 2 is 1.73 bits per heavy atom. The average molecular weight is 593 g/mol. The van der Waals surface area contributed by atoms with Gasteiger partial charge in [-0.15, -0.1) is 5.10 Å². The number of hydrogen-bond donors (Lipinski definition) is 2. The zero-order valence-electron chi connectivity index (χ0n) is 23.9. The minimum atomic E-state index is -0.332. The summed E-state index contributed by atoms with van der Waals surface area (Å²) in [6.07, 6.45) is 2.03. The van der Waals surface area contributed by atoms with Gasteiger partial charge < -0.3 is 25.0 Å². The van der Waals surface area contributed by atoms with E-state index in [2.05, 4.69) is 20.7 Å². The molecular formula is C33H29FN6O4. The van der Waals surface area contributed by atoms with Crippen LogP contribution in [0.25, 0.3) is 16.8 Å². The molecule has 3 aromatic carbocycles. The fourth-order valence-electron chi connectivity index (χ4n) is 5.56. The number of halogens is 1. The molecule has 0 bridgehead atoms. The summed E-state index contributed by atoms with van der Waals surface area (Å²) in [5, 5.41) is 10.7. The van der Waals surface area contributed by atoms with Gasteiger partial charge in [-0.2, -0.15) is 4.98 Å². The number of likely N-dealkylation sites (tertiary alicyclic amines) is 1. The molecule has 10 nitrogen and oxygen atoms in total. The highest BCUT2D eigenvalue weighted by atomic mass is 19.1. The normalized spacial score (nSPS) is 15.0. The number of pyridine rings is 1. The van der Waals surface area contributed by atoms with Gasteiger partial charge in [0.15, 0.2) is 5.65 Å². The number of amides is 2. The molecule has 7 rings (SSSR count). The Morgan fingerprint density at radius 3 is 2.43 bits per heavy atom. The number of carbonyl (C=O) groups excluding carboxylic acids is 2. The van der Waals surface area contributed by atoms with E-state index >= 15 is 0 Å². The lowest BCUT2D eigenvalue weighted by Crippen LogP contribution is -2.67. The monoisotopic (exact) mass is 592 g/mol. The Balaban J connectivity index is 1.01. The highest BCUT2D eigenvalue weighted by Crippen LogP contribution is 2.39. The maximum absolute atomic E-state index is 13.1. The number of fused-ring (bicyclic) bond motifs is 1. The van der Waals surface area contributed by atoms with Crippen LogP contribution in [0, 0.1) is 11.2 Å². The van der Waals surface area contributed by atoms with E-state index in [0.717, 1.165) is 43.0 Å². The van der Waals surface area contributed by atoms with Gasteiger partial charge in [0.2, 0.25) is 11.9 Å². The van der Waals surface area contributed by atoms with E-state index in [1.54, 1.807) is 42.0 Å². The fraction of sp³-hybridized carbons (Fsp3) is 0.212. The zero-order chi connectivity index (χ0) is 30.3. The van der Waals surface area contributed by atoms with Gasteiger partial charge in [0.25, 0.3) is 5.91 Å². The van der Waals surface area contributed by atoms with Crippen molar-refractivity contribution >= 4 is 34.8 Å². The Labute approximate surface area is 252 Å². The van der Waals surface area contributed by atoms with Crippen molar-refractivity contribution in [1.29, 1.82) is 0 Å². The number of nitrogens with zero attached hydrogens (tertiary/aromatic N) is 4. The summed E-state index contributed by atoms with van der Waals surface area (Å²) >= 11 is 0. The summed E-state index contributed by atoms with van der Waals surface area (Å²) in [6.45, 7) is 2.90. The molecule has 1 spiro atoms. The number of rotatable bonds is 8.